The maximum atomic E-state index is 13.2. The van der Waals surface area contributed by atoms with Gasteiger partial charge < -0.3 is 24.4 Å². The third-order valence-electron chi connectivity index (χ3n) is 5.31. The van der Waals surface area contributed by atoms with Crippen molar-refractivity contribution in [3.63, 3.8) is 0 Å². The number of aromatic nitrogens is 1. The Labute approximate surface area is 185 Å². The van der Waals surface area contributed by atoms with Gasteiger partial charge in [-0.2, -0.15) is 0 Å². The number of urea groups is 1. The van der Waals surface area contributed by atoms with Crippen LogP contribution < -0.4 is 10.1 Å². The molecule has 0 saturated heterocycles. The maximum absolute atomic E-state index is 13.2. The first kappa shape index (κ1) is 22.7. The van der Waals surface area contributed by atoms with Crippen molar-refractivity contribution in [3.05, 3.63) is 48.3 Å². The van der Waals surface area contributed by atoms with E-state index in [4.69, 9.17) is 4.74 Å². The average Bonchev–Trinajstić information content (AvgIpc) is 3.48. The van der Waals surface area contributed by atoms with Crippen LogP contribution in [-0.4, -0.2) is 52.0 Å². The van der Waals surface area contributed by atoms with Gasteiger partial charge >= 0.3 is 6.03 Å². The average molecular weight is 427 g/mol. The number of nitrogens with zero attached hydrogens (tertiary/aromatic N) is 3. The molecule has 3 rings (SSSR count). The molecule has 0 atom stereocenters. The number of nitrogens with one attached hydrogen (secondary N) is 1. The Hall–Kier alpha value is -2.96. The molecule has 1 fully saturated rings. The van der Waals surface area contributed by atoms with Crippen molar-refractivity contribution >= 4 is 17.6 Å². The van der Waals surface area contributed by atoms with E-state index in [1.165, 1.54) is 0 Å². The van der Waals surface area contributed by atoms with Gasteiger partial charge in [0.05, 0.1) is 13.2 Å². The summed E-state index contributed by atoms with van der Waals surface area (Å²) in [6, 6.07) is 11.3. The summed E-state index contributed by atoms with van der Waals surface area (Å²) < 4.78 is 7.48. The number of ether oxygens (including phenoxy) is 1. The van der Waals surface area contributed by atoms with Crippen molar-refractivity contribution in [2.24, 2.45) is 13.0 Å². The molecule has 2 aromatic rings. The molecular formula is C24H34N4O3. The van der Waals surface area contributed by atoms with E-state index in [1.807, 2.05) is 79.9 Å². The minimum Gasteiger partial charge on any atom is -0.494 e. The van der Waals surface area contributed by atoms with Gasteiger partial charge in [-0.15, -0.1) is 0 Å². The lowest BCUT2D eigenvalue weighted by Crippen LogP contribution is -2.46. The second-order valence-electron chi connectivity index (χ2n) is 8.53. The van der Waals surface area contributed by atoms with Crippen molar-refractivity contribution in [1.29, 1.82) is 0 Å². The van der Waals surface area contributed by atoms with Gasteiger partial charge in [-0.25, -0.2) is 4.79 Å². The molecule has 0 bridgehead atoms. The van der Waals surface area contributed by atoms with Crippen LogP contribution in [-0.2, 0) is 18.4 Å². The van der Waals surface area contributed by atoms with E-state index in [0.717, 1.165) is 24.3 Å². The number of anilines is 1. The molecule has 1 aromatic heterocycles. The van der Waals surface area contributed by atoms with Crippen molar-refractivity contribution in [2.45, 2.75) is 46.2 Å². The molecule has 1 aliphatic rings. The lowest BCUT2D eigenvalue weighted by Gasteiger charge is -2.29. The summed E-state index contributed by atoms with van der Waals surface area (Å²) in [4.78, 5) is 29.7. The van der Waals surface area contributed by atoms with Gasteiger partial charge in [-0.1, -0.05) is 13.8 Å². The summed E-state index contributed by atoms with van der Waals surface area (Å²) in [5.41, 5.74) is 1.77. The molecule has 1 aliphatic carbocycles. The molecule has 0 spiro atoms. The first-order chi connectivity index (χ1) is 14.9. The van der Waals surface area contributed by atoms with Gasteiger partial charge in [0.2, 0.25) is 5.91 Å². The Kier molecular flexibility index (Phi) is 7.60. The van der Waals surface area contributed by atoms with E-state index in [1.54, 1.807) is 4.90 Å². The number of aryl methyl sites for hydroxylation is 1. The third kappa shape index (κ3) is 6.51. The summed E-state index contributed by atoms with van der Waals surface area (Å²) in [7, 11) is 1.99. The topological polar surface area (TPSA) is 66.8 Å². The fourth-order valence-corrected chi connectivity index (χ4v) is 3.56. The molecular weight excluding hydrogens is 392 g/mol. The van der Waals surface area contributed by atoms with Gasteiger partial charge in [0.1, 0.15) is 12.3 Å². The summed E-state index contributed by atoms with van der Waals surface area (Å²) in [5.74, 6) is 1.00. The Morgan fingerprint density at radius 2 is 1.90 bits per heavy atom. The molecule has 7 heteroatoms. The van der Waals surface area contributed by atoms with Gasteiger partial charge in [0, 0.05) is 37.2 Å². The lowest BCUT2D eigenvalue weighted by molar-refractivity contribution is -0.133. The smallest absolute Gasteiger partial charge is 0.322 e. The molecule has 1 aromatic carbocycles. The molecule has 3 amide bonds. The molecule has 7 nitrogen and oxygen atoms in total. The number of hydrogen-bond acceptors (Lipinski definition) is 3. The largest absolute Gasteiger partial charge is 0.494 e. The van der Waals surface area contributed by atoms with Crippen molar-refractivity contribution in [1.82, 2.24) is 14.4 Å². The van der Waals surface area contributed by atoms with Crippen molar-refractivity contribution in [3.8, 4) is 5.75 Å². The van der Waals surface area contributed by atoms with E-state index < -0.39 is 0 Å². The molecule has 0 radical (unpaired) electrons. The number of amides is 3. The zero-order valence-corrected chi connectivity index (χ0v) is 19.0. The highest BCUT2D eigenvalue weighted by Gasteiger charge is 2.34. The van der Waals surface area contributed by atoms with Crippen molar-refractivity contribution < 1.29 is 14.3 Å². The number of carbonyl (C=O) groups is 2. The van der Waals surface area contributed by atoms with Crippen LogP contribution in [0.3, 0.4) is 0 Å². The van der Waals surface area contributed by atoms with E-state index in [2.05, 4.69) is 5.32 Å². The second kappa shape index (κ2) is 10.4. The Bertz CT molecular complexity index is 871. The van der Waals surface area contributed by atoms with Crippen LogP contribution in [0, 0.1) is 5.92 Å². The molecule has 0 aliphatic heterocycles. The molecule has 1 heterocycles. The van der Waals surface area contributed by atoms with Crippen LogP contribution in [0.4, 0.5) is 10.5 Å². The minimum atomic E-state index is -0.263. The molecule has 0 unspecified atom stereocenters. The first-order valence-electron chi connectivity index (χ1n) is 11.1. The molecule has 1 N–H and O–H groups in total. The number of carbonyl (C=O) groups excluding carboxylic acids is 2. The van der Waals surface area contributed by atoms with Crippen LogP contribution in [0.25, 0.3) is 0 Å². The van der Waals surface area contributed by atoms with E-state index in [9.17, 15) is 9.59 Å². The third-order valence-corrected chi connectivity index (χ3v) is 5.31. The Morgan fingerprint density at radius 3 is 2.45 bits per heavy atom. The highest BCUT2D eigenvalue weighted by atomic mass is 16.5. The van der Waals surface area contributed by atoms with Crippen LogP contribution in [0.15, 0.2) is 42.6 Å². The number of hydrogen-bond donors (Lipinski definition) is 1. The van der Waals surface area contributed by atoms with E-state index in [-0.39, 0.29) is 30.4 Å². The maximum Gasteiger partial charge on any atom is 0.322 e. The van der Waals surface area contributed by atoms with Gasteiger partial charge in [0.25, 0.3) is 0 Å². The van der Waals surface area contributed by atoms with Crippen LogP contribution >= 0.6 is 0 Å². The lowest BCUT2D eigenvalue weighted by atomic mass is 10.2. The SMILES string of the molecule is CCOc1ccc(NC(=O)N(CC(=O)N(Cc2cccn2C)C2CC2)CC(C)C)cc1. The molecule has 31 heavy (non-hydrogen) atoms. The fraction of sp³-hybridized carbons (Fsp3) is 0.500. The fourth-order valence-electron chi connectivity index (χ4n) is 3.56. The summed E-state index contributed by atoms with van der Waals surface area (Å²) in [6.07, 6.45) is 4.04. The first-order valence-corrected chi connectivity index (χ1v) is 11.1. The standard InChI is InChI=1S/C24H34N4O3/c1-5-31-22-12-8-19(9-13-22)25-24(30)27(15-18(2)3)17-23(29)28(20-10-11-20)16-21-7-6-14-26(21)4/h6-9,12-14,18,20H,5,10-11,15-17H2,1-4H3,(H,25,30). The van der Waals surface area contributed by atoms with Gasteiger partial charge in [-0.05, 0) is 62.1 Å². The normalized spacial score (nSPS) is 13.2. The minimum absolute atomic E-state index is 0.00815. The monoisotopic (exact) mass is 426 g/mol. The molecule has 1 saturated carbocycles. The highest BCUT2D eigenvalue weighted by molar-refractivity contribution is 5.92. The number of benzene rings is 1. The van der Waals surface area contributed by atoms with Crippen molar-refractivity contribution in [2.75, 3.05) is 25.0 Å². The predicted octanol–water partition coefficient (Wildman–Crippen LogP) is 4.10. The summed E-state index contributed by atoms with van der Waals surface area (Å²) >= 11 is 0. The van der Waals surface area contributed by atoms with Gasteiger partial charge in [-0.3, -0.25) is 4.79 Å². The highest BCUT2D eigenvalue weighted by Crippen LogP contribution is 2.28. The zero-order valence-electron chi connectivity index (χ0n) is 19.0. The predicted molar refractivity (Wildman–Crippen MR) is 122 cm³/mol. The van der Waals surface area contributed by atoms with E-state index >= 15 is 0 Å². The van der Waals surface area contributed by atoms with Crippen LogP contribution in [0.1, 0.15) is 39.3 Å². The van der Waals surface area contributed by atoms with Gasteiger partial charge in [0.15, 0.2) is 0 Å². The number of rotatable bonds is 10. The Morgan fingerprint density at radius 1 is 1.19 bits per heavy atom. The zero-order chi connectivity index (χ0) is 22.4. The Balaban J connectivity index is 1.66. The quantitative estimate of drug-likeness (QED) is 0.622. The summed E-state index contributed by atoms with van der Waals surface area (Å²) in [5, 5.41) is 2.92. The van der Waals surface area contributed by atoms with Crippen LogP contribution in [0.5, 0.6) is 5.75 Å². The van der Waals surface area contributed by atoms with E-state index in [0.29, 0.717) is 25.4 Å². The van der Waals surface area contributed by atoms with Crippen LogP contribution in [0.2, 0.25) is 0 Å². The second-order valence-corrected chi connectivity index (χ2v) is 8.53. The molecule has 168 valence electrons. The summed E-state index contributed by atoms with van der Waals surface area (Å²) in [6.45, 7) is 7.77.